The highest BCUT2D eigenvalue weighted by Gasteiger charge is 2.37. The monoisotopic (exact) mass is 471 g/mol. The SMILES string of the molecule is Cc1cc(/C=C2/C(=N)N3C(SCc4ccccc4)=NSC3=NC2=O)c(C)n1-c1ccccc1. The lowest BCUT2D eigenvalue weighted by Gasteiger charge is -2.24. The van der Waals surface area contributed by atoms with Crippen LogP contribution in [0.15, 0.2) is 81.7 Å². The molecule has 2 aromatic carbocycles. The molecule has 0 bridgehead atoms. The van der Waals surface area contributed by atoms with E-state index in [-0.39, 0.29) is 11.4 Å². The number of carbonyl (C=O) groups is 1. The van der Waals surface area contributed by atoms with Crippen molar-refractivity contribution in [3.63, 3.8) is 0 Å². The van der Waals surface area contributed by atoms with Gasteiger partial charge in [-0.25, -0.2) is 4.90 Å². The number of thioether (sulfide) groups is 1. The van der Waals surface area contributed by atoms with Gasteiger partial charge in [-0.05, 0) is 49.2 Å². The lowest BCUT2D eigenvalue weighted by molar-refractivity contribution is -0.114. The zero-order valence-corrected chi connectivity index (χ0v) is 19.8. The van der Waals surface area contributed by atoms with Crippen molar-refractivity contribution < 1.29 is 4.79 Å². The second-order valence-electron chi connectivity index (χ2n) is 7.68. The first-order chi connectivity index (χ1) is 16.0. The van der Waals surface area contributed by atoms with Crippen LogP contribution in [-0.4, -0.2) is 31.5 Å². The highest BCUT2D eigenvalue weighted by molar-refractivity contribution is 8.18. The fraction of sp³-hybridized carbons (Fsp3) is 0.120. The van der Waals surface area contributed by atoms with E-state index in [0.29, 0.717) is 10.3 Å². The average molecular weight is 472 g/mol. The lowest BCUT2D eigenvalue weighted by Crippen LogP contribution is -2.41. The molecule has 3 heterocycles. The van der Waals surface area contributed by atoms with Crippen molar-refractivity contribution >= 4 is 51.9 Å². The number of para-hydroxylation sites is 1. The predicted molar refractivity (Wildman–Crippen MR) is 138 cm³/mol. The number of amides is 1. The molecule has 2 aliphatic rings. The summed E-state index contributed by atoms with van der Waals surface area (Å²) in [5.41, 5.74) is 5.45. The smallest absolute Gasteiger partial charge is 0.283 e. The minimum absolute atomic E-state index is 0.110. The minimum atomic E-state index is -0.409. The van der Waals surface area contributed by atoms with E-state index in [1.807, 2.05) is 56.3 Å². The summed E-state index contributed by atoms with van der Waals surface area (Å²) in [7, 11) is 0. The van der Waals surface area contributed by atoms with Crippen LogP contribution in [0.25, 0.3) is 11.8 Å². The maximum Gasteiger partial charge on any atom is 0.283 e. The van der Waals surface area contributed by atoms with Crippen molar-refractivity contribution in [2.45, 2.75) is 19.6 Å². The van der Waals surface area contributed by atoms with Crippen molar-refractivity contribution in [2.75, 3.05) is 0 Å². The zero-order chi connectivity index (χ0) is 22.9. The first-order valence-electron chi connectivity index (χ1n) is 10.4. The molecular weight excluding hydrogens is 450 g/mol. The van der Waals surface area contributed by atoms with E-state index in [1.165, 1.54) is 17.3 Å². The number of hydrogen-bond donors (Lipinski definition) is 1. The van der Waals surface area contributed by atoms with Crippen LogP contribution < -0.4 is 0 Å². The Kier molecular flexibility index (Phi) is 5.78. The number of aromatic nitrogens is 1. The van der Waals surface area contributed by atoms with Crippen LogP contribution in [0, 0.1) is 19.3 Å². The van der Waals surface area contributed by atoms with Gasteiger partial charge in [0.05, 0.1) is 17.5 Å². The molecule has 5 rings (SSSR count). The molecule has 1 aromatic heterocycles. The number of hydrogen-bond acceptors (Lipinski definition) is 5. The van der Waals surface area contributed by atoms with Gasteiger partial charge in [0, 0.05) is 22.8 Å². The van der Waals surface area contributed by atoms with E-state index in [2.05, 4.69) is 38.2 Å². The van der Waals surface area contributed by atoms with E-state index < -0.39 is 5.91 Å². The topological polar surface area (TPSA) is 73.8 Å². The highest BCUT2D eigenvalue weighted by Crippen LogP contribution is 2.33. The summed E-state index contributed by atoms with van der Waals surface area (Å²) in [6.45, 7) is 4.06. The van der Waals surface area contributed by atoms with Gasteiger partial charge in [-0.1, -0.05) is 60.3 Å². The molecular formula is C25H21N5OS2. The molecule has 0 fully saturated rings. The van der Waals surface area contributed by atoms with Gasteiger partial charge in [0.1, 0.15) is 5.84 Å². The molecule has 0 saturated carbocycles. The Labute approximate surface area is 200 Å². The largest absolute Gasteiger partial charge is 0.318 e. The molecule has 8 heteroatoms. The van der Waals surface area contributed by atoms with Gasteiger partial charge in [-0.2, -0.15) is 9.39 Å². The molecule has 164 valence electrons. The third-order valence-electron chi connectivity index (χ3n) is 5.49. The van der Waals surface area contributed by atoms with Crippen LogP contribution in [-0.2, 0) is 10.5 Å². The Hall–Kier alpha value is -3.36. The summed E-state index contributed by atoms with van der Waals surface area (Å²) < 4.78 is 6.61. The van der Waals surface area contributed by atoms with E-state index in [0.717, 1.165) is 40.3 Å². The standard InChI is InChI=1S/C25H21N5OS2/c1-16-13-19(17(2)29(16)20-11-7-4-8-12-20)14-21-22(26)30-24(27-23(21)31)33-28-25(30)32-15-18-9-5-3-6-10-18/h3-14,26H,15H2,1-2H3/b21-14-,26-22?. The van der Waals surface area contributed by atoms with Crippen LogP contribution in [0.4, 0.5) is 0 Å². The van der Waals surface area contributed by atoms with E-state index in [4.69, 9.17) is 5.41 Å². The first kappa shape index (κ1) is 21.5. The Balaban J connectivity index is 1.44. The first-order valence-corrected chi connectivity index (χ1v) is 12.2. The molecule has 1 N–H and O–H groups in total. The van der Waals surface area contributed by atoms with Gasteiger partial charge in [0.15, 0.2) is 5.17 Å². The summed E-state index contributed by atoms with van der Waals surface area (Å²) >= 11 is 2.68. The third kappa shape index (κ3) is 4.07. The summed E-state index contributed by atoms with van der Waals surface area (Å²) in [6, 6.07) is 22.2. The van der Waals surface area contributed by atoms with E-state index in [9.17, 15) is 4.79 Å². The quantitative estimate of drug-likeness (QED) is 0.397. The van der Waals surface area contributed by atoms with Crippen molar-refractivity contribution in [1.29, 1.82) is 5.41 Å². The molecule has 33 heavy (non-hydrogen) atoms. The van der Waals surface area contributed by atoms with Gasteiger partial charge in [-0.3, -0.25) is 10.2 Å². The maximum atomic E-state index is 12.8. The van der Waals surface area contributed by atoms with Crippen LogP contribution in [0.3, 0.4) is 0 Å². The number of carbonyl (C=O) groups excluding carboxylic acids is 1. The van der Waals surface area contributed by atoms with Crippen LogP contribution in [0.2, 0.25) is 0 Å². The number of aliphatic imine (C=N–C) groups is 1. The molecule has 0 unspecified atom stereocenters. The van der Waals surface area contributed by atoms with Gasteiger partial charge >= 0.3 is 0 Å². The Morgan fingerprint density at radius 1 is 1.06 bits per heavy atom. The molecule has 0 aliphatic carbocycles. The highest BCUT2D eigenvalue weighted by atomic mass is 32.2. The van der Waals surface area contributed by atoms with Crippen LogP contribution in [0.5, 0.6) is 0 Å². The average Bonchev–Trinajstić information content (AvgIpc) is 3.36. The summed E-state index contributed by atoms with van der Waals surface area (Å²) in [4.78, 5) is 18.7. The van der Waals surface area contributed by atoms with Crippen LogP contribution in [0.1, 0.15) is 22.5 Å². The van der Waals surface area contributed by atoms with Crippen molar-refractivity contribution in [3.05, 3.63) is 94.8 Å². The van der Waals surface area contributed by atoms with Gasteiger partial charge in [0.25, 0.3) is 5.91 Å². The number of benzene rings is 2. The van der Waals surface area contributed by atoms with Crippen molar-refractivity contribution in [1.82, 2.24) is 9.47 Å². The number of amidine groups is 3. The summed E-state index contributed by atoms with van der Waals surface area (Å²) in [5, 5.41) is 9.91. The molecule has 3 aromatic rings. The Morgan fingerprint density at radius 2 is 1.76 bits per heavy atom. The second-order valence-corrected chi connectivity index (χ2v) is 9.35. The van der Waals surface area contributed by atoms with Gasteiger partial charge < -0.3 is 4.57 Å². The van der Waals surface area contributed by atoms with Crippen molar-refractivity contribution in [3.8, 4) is 5.69 Å². The zero-order valence-electron chi connectivity index (χ0n) is 18.1. The molecule has 0 atom stereocenters. The normalized spacial score (nSPS) is 16.8. The number of nitrogens with one attached hydrogen (secondary N) is 1. The molecule has 2 aliphatic heterocycles. The second kappa shape index (κ2) is 8.88. The van der Waals surface area contributed by atoms with Crippen LogP contribution >= 0.6 is 23.7 Å². The third-order valence-corrected chi connectivity index (χ3v) is 7.32. The summed E-state index contributed by atoms with van der Waals surface area (Å²) in [5.74, 6) is 0.425. The molecule has 6 nitrogen and oxygen atoms in total. The predicted octanol–water partition coefficient (Wildman–Crippen LogP) is 5.60. The van der Waals surface area contributed by atoms with Crippen molar-refractivity contribution in [2.24, 2.45) is 9.39 Å². The summed E-state index contributed by atoms with van der Waals surface area (Å²) in [6.07, 6.45) is 1.77. The van der Waals surface area contributed by atoms with E-state index >= 15 is 0 Å². The Bertz CT molecular complexity index is 1340. The molecule has 0 spiro atoms. The van der Waals surface area contributed by atoms with Gasteiger partial charge in [-0.15, -0.1) is 0 Å². The molecule has 0 saturated heterocycles. The number of aryl methyl sites for hydroxylation is 1. The minimum Gasteiger partial charge on any atom is -0.318 e. The molecule has 0 radical (unpaired) electrons. The van der Waals surface area contributed by atoms with Gasteiger partial charge in [0.2, 0.25) is 5.17 Å². The Morgan fingerprint density at radius 3 is 2.48 bits per heavy atom. The number of rotatable bonds is 4. The number of fused-ring (bicyclic) bond motifs is 1. The van der Waals surface area contributed by atoms with E-state index in [1.54, 1.807) is 11.0 Å². The lowest BCUT2D eigenvalue weighted by atomic mass is 10.1. The fourth-order valence-corrected chi connectivity index (χ4v) is 5.68. The maximum absolute atomic E-state index is 12.8. The molecule has 1 amide bonds. The fourth-order valence-electron chi connectivity index (χ4n) is 3.88. The number of nitrogens with zero attached hydrogens (tertiary/aromatic N) is 4.